The Morgan fingerprint density at radius 3 is 2.84 bits per heavy atom. The first-order valence-corrected chi connectivity index (χ1v) is 7.11. The maximum Gasteiger partial charge on any atom is 0.124 e. The van der Waals surface area contributed by atoms with Gasteiger partial charge in [0.25, 0.3) is 0 Å². The average molecular weight is 264 g/mol. The van der Waals surface area contributed by atoms with E-state index < -0.39 is 0 Å². The Labute approximate surface area is 115 Å². The molecule has 0 spiro atoms. The van der Waals surface area contributed by atoms with Gasteiger partial charge in [-0.25, -0.2) is 0 Å². The third kappa shape index (κ3) is 3.95. The van der Waals surface area contributed by atoms with Crippen LogP contribution >= 0.6 is 0 Å². The summed E-state index contributed by atoms with van der Waals surface area (Å²) in [6, 6.07) is 5.74. The van der Waals surface area contributed by atoms with Crippen LogP contribution in [0.2, 0.25) is 0 Å². The van der Waals surface area contributed by atoms with Crippen molar-refractivity contribution in [2.45, 2.75) is 51.9 Å². The molecule has 1 aromatic carbocycles. The van der Waals surface area contributed by atoms with Crippen LogP contribution in [0.3, 0.4) is 0 Å². The number of aliphatic hydroxyl groups excluding tert-OH is 1. The highest BCUT2D eigenvalue weighted by atomic mass is 16.5. The Bertz CT molecular complexity index is 403. The van der Waals surface area contributed by atoms with E-state index in [1.807, 2.05) is 18.2 Å². The van der Waals surface area contributed by atoms with E-state index >= 15 is 0 Å². The number of benzene rings is 1. The molecule has 1 aliphatic rings. The van der Waals surface area contributed by atoms with Gasteiger partial charge in [0.15, 0.2) is 0 Å². The number of ether oxygens (including phenoxy) is 2. The molecule has 1 aliphatic carbocycles. The van der Waals surface area contributed by atoms with Crippen molar-refractivity contribution in [3.63, 3.8) is 0 Å². The Balaban J connectivity index is 1.97. The molecule has 0 heterocycles. The fourth-order valence-electron chi connectivity index (χ4n) is 2.78. The molecular formula is C16H24O3. The van der Waals surface area contributed by atoms with Crippen LogP contribution in [-0.2, 0) is 18.0 Å². The van der Waals surface area contributed by atoms with E-state index in [0.717, 1.165) is 35.6 Å². The number of aliphatic hydroxyl groups is 1. The van der Waals surface area contributed by atoms with Crippen LogP contribution in [-0.4, -0.2) is 18.3 Å². The molecule has 0 radical (unpaired) electrons. The number of hydrogen-bond acceptors (Lipinski definition) is 3. The van der Waals surface area contributed by atoms with E-state index in [1.165, 1.54) is 12.8 Å². The molecule has 3 heteroatoms. The fraction of sp³-hybridized carbons (Fsp3) is 0.625. The zero-order valence-electron chi connectivity index (χ0n) is 11.9. The molecule has 0 aromatic heterocycles. The van der Waals surface area contributed by atoms with Gasteiger partial charge in [-0.2, -0.15) is 0 Å². The molecule has 2 unspecified atom stereocenters. The van der Waals surface area contributed by atoms with E-state index in [4.69, 9.17) is 9.47 Å². The van der Waals surface area contributed by atoms with Crippen molar-refractivity contribution in [3.8, 4) is 5.75 Å². The predicted molar refractivity (Wildman–Crippen MR) is 75.1 cm³/mol. The molecule has 0 aliphatic heterocycles. The Hall–Kier alpha value is -1.06. The Kier molecular flexibility index (Phi) is 5.23. The first-order valence-electron chi connectivity index (χ1n) is 7.11. The lowest BCUT2D eigenvalue weighted by Gasteiger charge is -2.27. The van der Waals surface area contributed by atoms with Gasteiger partial charge >= 0.3 is 0 Å². The van der Waals surface area contributed by atoms with E-state index in [9.17, 15) is 5.11 Å². The summed E-state index contributed by atoms with van der Waals surface area (Å²) in [7, 11) is 1.67. The summed E-state index contributed by atoms with van der Waals surface area (Å²) in [5.74, 6) is 1.60. The standard InChI is InChI=1S/C16H24O3/c1-12-4-3-5-15(8-12)19-11-14-9-13(10-17)6-7-16(14)18-2/h6-7,9,12,15,17H,3-5,8,10-11H2,1-2H3. The minimum atomic E-state index is 0.0530. The van der Waals surface area contributed by atoms with Crippen LogP contribution < -0.4 is 4.74 Å². The third-order valence-corrected chi connectivity index (χ3v) is 3.89. The predicted octanol–water partition coefficient (Wildman–Crippen LogP) is 3.28. The van der Waals surface area contributed by atoms with Gasteiger partial charge in [0.05, 0.1) is 26.4 Å². The van der Waals surface area contributed by atoms with Crippen molar-refractivity contribution in [1.29, 1.82) is 0 Å². The quantitative estimate of drug-likeness (QED) is 0.887. The lowest BCUT2D eigenvalue weighted by atomic mass is 9.89. The van der Waals surface area contributed by atoms with Gasteiger partial charge < -0.3 is 14.6 Å². The minimum absolute atomic E-state index is 0.0530. The summed E-state index contributed by atoms with van der Waals surface area (Å²) in [5, 5.41) is 9.20. The maximum absolute atomic E-state index is 9.20. The molecule has 19 heavy (non-hydrogen) atoms. The van der Waals surface area contributed by atoms with Crippen molar-refractivity contribution >= 4 is 0 Å². The van der Waals surface area contributed by atoms with Crippen LogP contribution in [0, 0.1) is 5.92 Å². The second-order valence-electron chi connectivity index (χ2n) is 5.51. The number of methoxy groups -OCH3 is 1. The monoisotopic (exact) mass is 264 g/mol. The van der Waals surface area contributed by atoms with Gasteiger partial charge in [0, 0.05) is 5.56 Å². The maximum atomic E-state index is 9.20. The van der Waals surface area contributed by atoms with Gasteiger partial charge in [0.1, 0.15) is 5.75 Å². The lowest BCUT2D eigenvalue weighted by Crippen LogP contribution is -2.21. The van der Waals surface area contributed by atoms with Crippen molar-refractivity contribution < 1.29 is 14.6 Å². The molecular weight excluding hydrogens is 240 g/mol. The van der Waals surface area contributed by atoms with Crippen molar-refractivity contribution in [3.05, 3.63) is 29.3 Å². The van der Waals surface area contributed by atoms with E-state index in [1.54, 1.807) is 7.11 Å². The van der Waals surface area contributed by atoms with Crippen LogP contribution in [0.4, 0.5) is 0 Å². The molecule has 2 rings (SSSR count). The second kappa shape index (κ2) is 6.92. The zero-order chi connectivity index (χ0) is 13.7. The highest BCUT2D eigenvalue weighted by Gasteiger charge is 2.19. The summed E-state index contributed by atoms with van der Waals surface area (Å²) in [6.45, 7) is 2.91. The van der Waals surface area contributed by atoms with Gasteiger partial charge in [-0.1, -0.05) is 25.8 Å². The third-order valence-electron chi connectivity index (χ3n) is 3.89. The molecule has 1 saturated carbocycles. The molecule has 2 atom stereocenters. The lowest BCUT2D eigenvalue weighted by molar-refractivity contribution is 0.00390. The summed E-state index contributed by atoms with van der Waals surface area (Å²) < 4.78 is 11.4. The Morgan fingerprint density at radius 1 is 1.32 bits per heavy atom. The van der Waals surface area contributed by atoms with Crippen LogP contribution in [0.15, 0.2) is 18.2 Å². The van der Waals surface area contributed by atoms with Crippen LogP contribution in [0.1, 0.15) is 43.7 Å². The normalized spacial score (nSPS) is 23.3. The van der Waals surface area contributed by atoms with Gasteiger partial charge in [-0.15, -0.1) is 0 Å². The molecule has 0 amide bonds. The highest BCUT2D eigenvalue weighted by molar-refractivity contribution is 5.36. The molecule has 106 valence electrons. The first kappa shape index (κ1) is 14.4. The van der Waals surface area contributed by atoms with E-state index in [0.29, 0.717) is 12.7 Å². The van der Waals surface area contributed by atoms with Crippen LogP contribution in [0.5, 0.6) is 5.75 Å². The topological polar surface area (TPSA) is 38.7 Å². The van der Waals surface area contributed by atoms with Crippen molar-refractivity contribution in [1.82, 2.24) is 0 Å². The summed E-state index contributed by atoms with van der Waals surface area (Å²) in [4.78, 5) is 0. The summed E-state index contributed by atoms with van der Waals surface area (Å²) in [6.07, 6.45) is 5.27. The minimum Gasteiger partial charge on any atom is -0.496 e. The van der Waals surface area contributed by atoms with Crippen molar-refractivity contribution in [2.24, 2.45) is 5.92 Å². The zero-order valence-corrected chi connectivity index (χ0v) is 11.9. The number of rotatable bonds is 5. The molecule has 1 N–H and O–H groups in total. The average Bonchev–Trinajstić information content (AvgIpc) is 2.45. The molecule has 0 bridgehead atoms. The Morgan fingerprint density at radius 2 is 2.16 bits per heavy atom. The van der Waals surface area contributed by atoms with Crippen LogP contribution in [0.25, 0.3) is 0 Å². The SMILES string of the molecule is COc1ccc(CO)cc1COC1CCCC(C)C1. The molecule has 1 fully saturated rings. The van der Waals surface area contributed by atoms with Gasteiger partial charge in [-0.3, -0.25) is 0 Å². The second-order valence-corrected chi connectivity index (χ2v) is 5.51. The first-order chi connectivity index (χ1) is 9.22. The van der Waals surface area contributed by atoms with Gasteiger partial charge in [0.2, 0.25) is 0 Å². The largest absolute Gasteiger partial charge is 0.496 e. The fourth-order valence-corrected chi connectivity index (χ4v) is 2.78. The van der Waals surface area contributed by atoms with Gasteiger partial charge in [-0.05, 0) is 36.5 Å². The molecule has 1 aromatic rings. The molecule has 0 saturated heterocycles. The smallest absolute Gasteiger partial charge is 0.124 e. The summed E-state index contributed by atoms with van der Waals surface area (Å²) in [5.41, 5.74) is 1.92. The van der Waals surface area contributed by atoms with E-state index in [-0.39, 0.29) is 6.61 Å². The summed E-state index contributed by atoms with van der Waals surface area (Å²) >= 11 is 0. The van der Waals surface area contributed by atoms with Crippen molar-refractivity contribution in [2.75, 3.05) is 7.11 Å². The van der Waals surface area contributed by atoms with E-state index in [2.05, 4.69) is 6.92 Å². The molecule has 3 nitrogen and oxygen atoms in total. The number of hydrogen-bond donors (Lipinski definition) is 1. The highest BCUT2D eigenvalue weighted by Crippen LogP contribution is 2.28.